The number of nitrogens with one attached hydrogen (secondary N) is 1. The Morgan fingerprint density at radius 3 is 2.36 bits per heavy atom. The van der Waals surface area contributed by atoms with Gasteiger partial charge in [0, 0.05) is 19.0 Å². The second kappa shape index (κ2) is 4.29. The SMILES string of the molecule is CP(C)(=O)OC(=O)Nc1ccccc1. The van der Waals surface area contributed by atoms with Gasteiger partial charge in [-0.05, 0) is 12.1 Å². The highest BCUT2D eigenvalue weighted by atomic mass is 31.2. The molecule has 0 heterocycles. The number of hydrogen-bond donors (Lipinski definition) is 1. The van der Waals surface area contributed by atoms with Crippen LogP contribution in [-0.4, -0.2) is 19.4 Å². The number of carbonyl (C=O) groups is 1. The van der Waals surface area contributed by atoms with Gasteiger partial charge < -0.3 is 4.52 Å². The van der Waals surface area contributed by atoms with E-state index in [1.165, 1.54) is 13.3 Å². The number of rotatable bonds is 2. The largest absolute Gasteiger partial charge is 0.416 e. The standard InChI is InChI=1S/C9H12NO3P/c1-14(2,12)13-9(11)10-8-6-4-3-5-7-8/h3-7H,1-2H3,(H,10,11). The number of amides is 1. The van der Waals surface area contributed by atoms with Crippen molar-refractivity contribution in [2.45, 2.75) is 0 Å². The van der Waals surface area contributed by atoms with E-state index in [2.05, 4.69) is 9.84 Å². The zero-order valence-corrected chi connectivity index (χ0v) is 8.95. The Balaban J connectivity index is 2.55. The second-order valence-electron chi connectivity index (χ2n) is 3.12. The van der Waals surface area contributed by atoms with Gasteiger partial charge in [0.2, 0.25) is 7.37 Å². The van der Waals surface area contributed by atoms with Crippen molar-refractivity contribution in [3.8, 4) is 0 Å². The van der Waals surface area contributed by atoms with Gasteiger partial charge in [-0.1, -0.05) is 18.2 Å². The third-order valence-electron chi connectivity index (χ3n) is 1.32. The molecule has 0 atom stereocenters. The monoisotopic (exact) mass is 213 g/mol. The van der Waals surface area contributed by atoms with E-state index < -0.39 is 13.5 Å². The fraction of sp³-hybridized carbons (Fsp3) is 0.222. The molecule has 76 valence electrons. The molecular formula is C9H12NO3P. The molecule has 5 heteroatoms. The lowest BCUT2D eigenvalue weighted by Gasteiger charge is -2.09. The van der Waals surface area contributed by atoms with Crippen LogP contribution in [0.5, 0.6) is 0 Å². The minimum absolute atomic E-state index is 0.617. The maximum absolute atomic E-state index is 11.1. The highest BCUT2D eigenvalue weighted by Crippen LogP contribution is 2.37. The smallest absolute Gasteiger partial charge is 0.396 e. The van der Waals surface area contributed by atoms with Crippen LogP contribution in [0.1, 0.15) is 0 Å². The average molecular weight is 213 g/mol. The molecule has 0 saturated carbocycles. The van der Waals surface area contributed by atoms with Crippen molar-refractivity contribution >= 4 is 19.1 Å². The van der Waals surface area contributed by atoms with E-state index in [1.807, 2.05) is 6.07 Å². The minimum atomic E-state index is -2.77. The van der Waals surface area contributed by atoms with Crippen molar-refractivity contribution in [3.05, 3.63) is 30.3 Å². The quantitative estimate of drug-likeness (QED) is 0.768. The predicted octanol–water partition coefficient (Wildman–Crippen LogP) is 2.77. The van der Waals surface area contributed by atoms with Crippen molar-refractivity contribution in [1.82, 2.24) is 0 Å². The summed E-state index contributed by atoms with van der Waals surface area (Å²) in [6.07, 6.45) is -0.690. The summed E-state index contributed by atoms with van der Waals surface area (Å²) >= 11 is 0. The van der Waals surface area contributed by atoms with E-state index >= 15 is 0 Å². The Morgan fingerprint density at radius 2 is 1.86 bits per heavy atom. The summed E-state index contributed by atoms with van der Waals surface area (Å²) in [5.74, 6) is 0. The molecule has 0 aromatic heterocycles. The molecule has 0 saturated heterocycles. The van der Waals surface area contributed by atoms with Crippen LogP contribution in [0.4, 0.5) is 10.5 Å². The van der Waals surface area contributed by atoms with Gasteiger partial charge in [0.25, 0.3) is 0 Å². The van der Waals surface area contributed by atoms with Crippen LogP contribution in [0.25, 0.3) is 0 Å². The van der Waals surface area contributed by atoms with Crippen LogP contribution in [0.15, 0.2) is 30.3 Å². The van der Waals surface area contributed by atoms with Gasteiger partial charge in [0.05, 0.1) is 0 Å². The Kier molecular flexibility index (Phi) is 3.31. The van der Waals surface area contributed by atoms with Crippen molar-refractivity contribution in [2.75, 3.05) is 18.6 Å². The molecule has 0 fully saturated rings. The van der Waals surface area contributed by atoms with Crippen LogP contribution in [0.2, 0.25) is 0 Å². The highest BCUT2D eigenvalue weighted by Gasteiger charge is 2.13. The molecule has 1 N–H and O–H groups in total. The normalized spacial score (nSPS) is 10.7. The third kappa shape index (κ3) is 4.10. The van der Waals surface area contributed by atoms with Crippen molar-refractivity contribution in [2.24, 2.45) is 0 Å². The molecule has 0 aliphatic heterocycles. The predicted molar refractivity (Wildman–Crippen MR) is 56.0 cm³/mol. The van der Waals surface area contributed by atoms with Gasteiger partial charge >= 0.3 is 6.09 Å². The van der Waals surface area contributed by atoms with Crippen LogP contribution >= 0.6 is 7.37 Å². The molecule has 0 radical (unpaired) electrons. The maximum atomic E-state index is 11.1. The molecule has 0 unspecified atom stereocenters. The van der Waals surface area contributed by atoms with E-state index in [9.17, 15) is 9.36 Å². The Morgan fingerprint density at radius 1 is 1.29 bits per heavy atom. The molecule has 1 amide bonds. The van der Waals surface area contributed by atoms with Crippen LogP contribution in [0, 0.1) is 0 Å². The van der Waals surface area contributed by atoms with Gasteiger partial charge in [-0.2, -0.15) is 0 Å². The molecule has 1 aromatic carbocycles. The van der Waals surface area contributed by atoms with Crippen LogP contribution in [0.3, 0.4) is 0 Å². The summed E-state index contributed by atoms with van der Waals surface area (Å²) in [5, 5.41) is 2.47. The summed E-state index contributed by atoms with van der Waals surface area (Å²) in [5.41, 5.74) is 0.617. The Labute approximate surface area is 82.7 Å². The number of benzene rings is 1. The first-order chi connectivity index (χ1) is 6.47. The van der Waals surface area contributed by atoms with E-state index in [0.717, 1.165) is 0 Å². The Hall–Kier alpha value is -1.28. The molecule has 14 heavy (non-hydrogen) atoms. The lowest BCUT2D eigenvalue weighted by atomic mass is 10.3. The van der Waals surface area contributed by atoms with Crippen LogP contribution in [-0.2, 0) is 9.09 Å². The minimum Gasteiger partial charge on any atom is -0.396 e. The molecule has 0 aliphatic rings. The topological polar surface area (TPSA) is 55.4 Å². The third-order valence-corrected chi connectivity index (χ3v) is 1.93. The summed E-state index contributed by atoms with van der Waals surface area (Å²) in [7, 11) is -2.77. The fourth-order valence-corrected chi connectivity index (χ4v) is 1.31. The fourth-order valence-electron chi connectivity index (χ4n) is 0.862. The Bertz CT molecular complexity index is 358. The lowest BCUT2D eigenvalue weighted by Crippen LogP contribution is -2.11. The van der Waals surface area contributed by atoms with Crippen LogP contribution < -0.4 is 5.32 Å². The molecule has 0 aliphatic carbocycles. The molecular weight excluding hydrogens is 201 g/mol. The van der Waals surface area contributed by atoms with E-state index in [1.54, 1.807) is 24.3 Å². The van der Waals surface area contributed by atoms with Crippen molar-refractivity contribution in [3.63, 3.8) is 0 Å². The molecule has 0 spiro atoms. The first kappa shape index (κ1) is 10.8. The zero-order chi connectivity index (χ0) is 10.6. The summed E-state index contributed by atoms with van der Waals surface area (Å²) in [6.45, 7) is 2.77. The van der Waals surface area contributed by atoms with E-state index in [-0.39, 0.29) is 0 Å². The highest BCUT2D eigenvalue weighted by molar-refractivity contribution is 7.57. The maximum Gasteiger partial charge on any atom is 0.416 e. The van der Waals surface area contributed by atoms with Gasteiger partial charge in [-0.3, -0.25) is 9.88 Å². The average Bonchev–Trinajstić information content (AvgIpc) is 2.02. The van der Waals surface area contributed by atoms with Gasteiger partial charge in [0.1, 0.15) is 0 Å². The summed E-state index contributed by atoms with van der Waals surface area (Å²) in [4.78, 5) is 11.1. The second-order valence-corrected chi connectivity index (χ2v) is 5.81. The van der Waals surface area contributed by atoms with E-state index in [0.29, 0.717) is 5.69 Å². The molecule has 0 bridgehead atoms. The van der Waals surface area contributed by atoms with Gasteiger partial charge in [-0.15, -0.1) is 0 Å². The van der Waals surface area contributed by atoms with Gasteiger partial charge in [-0.25, -0.2) is 4.79 Å². The number of carbonyl (C=O) groups excluding carboxylic acids is 1. The first-order valence-corrected chi connectivity index (χ1v) is 6.60. The zero-order valence-electron chi connectivity index (χ0n) is 8.06. The number of hydrogen-bond acceptors (Lipinski definition) is 3. The van der Waals surface area contributed by atoms with E-state index in [4.69, 9.17) is 0 Å². The van der Waals surface area contributed by atoms with Crippen molar-refractivity contribution < 1.29 is 13.9 Å². The number of para-hydroxylation sites is 1. The van der Waals surface area contributed by atoms with Crippen molar-refractivity contribution in [1.29, 1.82) is 0 Å². The first-order valence-electron chi connectivity index (χ1n) is 4.08. The lowest BCUT2D eigenvalue weighted by molar-refractivity contribution is 0.217. The van der Waals surface area contributed by atoms with Gasteiger partial charge in [0.15, 0.2) is 0 Å². The molecule has 1 rings (SSSR count). The molecule has 4 nitrogen and oxygen atoms in total. The summed E-state index contributed by atoms with van der Waals surface area (Å²) < 4.78 is 15.8. The molecule has 1 aromatic rings. The summed E-state index contributed by atoms with van der Waals surface area (Å²) in [6, 6.07) is 8.84. The number of anilines is 1.